The topological polar surface area (TPSA) is 12.0 Å². The number of nitrogens with one attached hydrogen (secondary N) is 1. The molecule has 1 aromatic carbocycles. The summed E-state index contributed by atoms with van der Waals surface area (Å²) in [6, 6.07) is 3.79. The van der Waals surface area contributed by atoms with Crippen LogP contribution in [0.3, 0.4) is 0 Å². The Labute approximate surface area is 121 Å². The maximum Gasteiger partial charge on any atom is 0.416 e. The highest BCUT2D eigenvalue weighted by molar-refractivity contribution is 9.10. The fourth-order valence-corrected chi connectivity index (χ4v) is 2.67. The number of rotatable bonds is 4. The van der Waals surface area contributed by atoms with Gasteiger partial charge in [0.2, 0.25) is 0 Å². The summed E-state index contributed by atoms with van der Waals surface area (Å²) in [5, 5.41) is 3.18. The van der Waals surface area contributed by atoms with Gasteiger partial charge in [-0.3, -0.25) is 0 Å². The first kappa shape index (κ1) is 15.8. The smallest absolute Gasteiger partial charge is 0.382 e. The van der Waals surface area contributed by atoms with Crippen LogP contribution in [0.15, 0.2) is 22.7 Å². The first-order chi connectivity index (χ1) is 8.20. The van der Waals surface area contributed by atoms with E-state index in [-0.39, 0.29) is 6.04 Å². The van der Waals surface area contributed by atoms with E-state index in [2.05, 4.69) is 37.2 Å². The lowest BCUT2D eigenvalue weighted by Gasteiger charge is -2.18. The fourth-order valence-electron chi connectivity index (χ4n) is 1.62. The quantitative estimate of drug-likeness (QED) is 0.677. The lowest BCUT2D eigenvalue weighted by atomic mass is 10.1. The van der Waals surface area contributed by atoms with Crippen LogP contribution in [-0.2, 0) is 6.18 Å². The minimum absolute atomic E-state index is 0.174. The molecule has 2 unspecified atom stereocenters. The number of alkyl halides is 4. The average molecular weight is 389 g/mol. The maximum atomic E-state index is 12.5. The zero-order chi connectivity index (χ0) is 13.9. The molecule has 0 saturated carbocycles. The van der Waals surface area contributed by atoms with Crippen LogP contribution in [0.5, 0.6) is 0 Å². The van der Waals surface area contributed by atoms with E-state index in [0.717, 1.165) is 18.6 Å². The van der Waals surface area contributed by atoms with Crippen molar-refractivity contribution in [3.05, 3.63) is 28.2 Å². The zero-order valence-electron chi connectivity index (χ0n) is 9.98. The largest absolute Gasteiger partial charge is 0.416 e. The third-order valence-electron chi connectivity index (χ3n) is 2.38. The van der Waals surface area contributed by atoms with E-state index in [0.29, 0.717) is 15.0 Å². The molecule has 2 atom stereocenters. The van der Waals surface area contributed by atoms with E-state index >= 15 is 0 Å². The molecular weight excluding hydrogens is 375 g/mol. The van der Waals surface area contributed by atoms with E-state index in [1.54, 1.807) is 0 Å². The van der Waals surface area contributed by atoms with Crippen LogP contribution < -0.4 is 5.32 Å². The van der Waals surface area contributed by atoms with Crippen molar-refractivity contribution in [2.24, 2.45) is 0 Å². The lowest BCUT2D eigenvalue weighted by Crippen LogP contribution is -2.18. The van der Waals surface area contributed by atoms with Crippen LogP contribution in [0.2, 0.25) is 0 Å². The summed E-state index contributed by atoms with van der Waals surface area (Å²) in [5.74, 6) is 0. The number of hydrogen-bond acceptors (Lipinski definition) is 1. The molecule has 1 aromatic rings. The van der Waals surface area contributed by atoms with Crippen LogP contribution in [0, 0.1) is 0 Å². The molecule has 1 rings (SSSR count). The first-order valence-electron chi connectivity index (χ1n) is 5.47. The normalized spacial score (nSPS) is 15.3. The Morgan fingerprint density at radius 1 is 1.28 bits per heavy atom. The minimum Gasteiger partial charge on any atom is -0.382 e. The second-order valence-electron chi connectivity index (χ2n) is 4.25. The van der Waals surface area contributed by atoms with Gasteiger partial charge in [0.05, 0.1) is 5.56 Å². The summed E-state index contributed by atoms with van der Waals surface area (Å²) >= 11 is 6.60. The Morgan fingerprint density at radius 2 is 1.89 bits per heavy atom. The molecule has 0 bridgehead atoms. The van der Waals surface area contributed by atoms with Gasteiger partial charge in [0.1, 0.15) is 0 Å². The van der Waals surface area contributed by atoms with Crippen molar-refractivity contribution < 1.29 is 13.2 Å². The molecule has 0 spiro atoms. The van der Waals surface area contributed by atoms with Gasteiger partial charge < -0.3 is 5.32 Å². The van der Waals surface area contributed by atoms with E-state index in [9.17, 15) is 13.2 Å². The molecule has 0 amide bonds. The molecule has 1 nitrogen and oxygen atoms in total. The Balaban J connectivity index is 2.80. The molecule has 1 N–H and O–H groups in total. The second kappa shape index (κ2) is 6.28. The summed E-state index contributed by atoms with van der Waals surface area (Å²) in [5.41, 5.74) is 0.0186. The summed E-state index contributed by atoms with van der Waals surface area (Å²) in [6.45, 7) is 4.02. The third-order valence-corrected chi connectivity index (χ3v) is 3.41. The summed E-state index contributed by atoms with van der Waals surface area (Å²) in [6.07, 6.45) is -3.43. The molecule has 0 saturated heterocycles. The molecule has 0 fully saturated rings. The van der Waals surface area contributed by atoms with Gasteiger partial charge in [0.25, 0.3) is 0 Å². The predicted octanol–water partition coefficient (Wildman–Crippen LogP) is 5.44. The Kier molecular flexibility index (Phi) is 5.52. The highest BCUT2D eigenvalue weighted by Crippen LogP contribution is 2.34. The number of halogens is 5. The lowest BCUT2D eigenvalue weighted by molar-refractivity contribution is -0.137. The van der Waals surface area contributed by atoms with Crippen LogP contribution in [-0.4, -0.2) is 10.9 Å². The summed E-state index contributed by atoms with van der Waals surface area (Å²) < 4.78 is 37.9. The van der Waals surface area contributed by atoms with E-state index in [1.807, 2.05) is 13.8 Å². The third kappa shape index (κ3) is 4.80. The minimum atomic E-state index is -4.31. The highest BCUT2D eigenvalue weighted by Gasteiger charge is 2.30. The number of hydrogen-bond donors (Lipinski definition) is 1. The molecule has 102 valence electrons. The van der Waals surface area contributed by atoms with Gasteiger partial charge in [-0.2, -0.15) is 13.2 Å². The Hall–Kier alpha value is -0.230. The molecule has 6 heteroatoms. The molecule has 0 radical (unpaired) electrons. The van der Waals surface area contributed by atoms with Crippen LogP contribution in [0.1, 0.15) is 25.8 Å². The molecular formula is C12H14Br2F3N. The standard InChI is InChI=1S/C12H14Br2F3N/c1-7(13)5-8(2)18-11-4-3-9(6-10(11)14)12(15,16)17/h3-4,6-8,18H,5H2,1-2H3. The van der Waals surface area contributed by atoms with Crippen molar-refractivity contribution in [1.82, 2.24) is 0 Å². The molecule has 0 aromatic heterocycles. The molecule has 0 aliphatic carbocycles. The Bertz CT molecular complexity index is 405. The van der Waals surface area contributed by atoms with Crippen molar-refractivity contribution in [2.45, 2.75) is 37.3 Å². The van der Waals surface area contributed by atoms with Crippen molar-refractivity contribution in [3.63, 3.8) is 0 Å². The zero-order valence-corrected chi connectivity index (χ0v) is 13.2. The summed E-state index contributed by atoms with van der Waals surface area (Å²) in [7, 11) is 0. The van der Waals surface area contributed by atoms with Crippen molar-refractivity contribution >= 4 is 37.5 Å². The van der Waals surface area contributed by atoms with Crippen LogP contribution >= 0.6 is 31.9 Å². The predicted molar refractivity (Wildman–Crippen MR) is 75.2 cm³/mol. The van der Waals surface area contributed by atoms with Gasteiger partial charge in [-0.25, -0.2) is 0 Å². The molecule has 18 heavy (non-hydrogen) atoms. The van der Waals surface area contributed by atoms with Gasteiger partial charge in [0.15, 0.2) is 0 Å². The van der Waals surface area contributed by atoms with Crippen LogP contribution in [0.4, 0.5) is 18.9 Å². The first-order valence-corrected chi connectivity index (χ1v) is 7.18. The fraction of sp³-hybridized carbons (Fsp3) is 0.500. The van der Waals surface area contributed by atoms with Crippen molar-refractivity contribution in [2.75, 3.05) is 5.32 Å². The van der Waals surface area contributed by atoms with E-state index < -0.39 is 11.7 Å². The van der Waals surface area contributed by atoms with Gasteiger partial charge >= 0.3 is 6.18 Å². The molecule has 0 aliphatic heterocycles. The van der Waals surface area contributed by atoms with Crippen molar-refractivity contribution in [1.29, 1.82) is 0 Å². The average Bonchev–Trinajstić information content (AvgIpc) is 2.18. The van der Waals surface area contributed by atoms with E-state index in [1.165, 1.54) is 6.07 Å². The van der Waals surface area contributed by atoms with E-state index in [4.69, 9.17) is 0 Å². The molecule has 0 aliphatic rings. The maximum absolute atomic E-state index is 12.5. The Morgan fingerprint density at radius 3 is 2.33 bits per heavy atom. The monoisotopic (exact) mass is 387 g/mol. The van der Waals surface area contributed by atoms with Crippen molar-refractivity contribution in [3.8, 4) is 0 Å². The summed E-state index contributed by atoms with van der Waals surface area (Å²) in [4.78, 5) is 0.355. The van der Waals surface area contributed by atoms with Gasteiger partial charge in [-0.05, 0) is 47.5 Å². The number of benzene rings is 1. The SMILES string of the molecule is CC(Br)CC(C)Nc1ccc(C(F)(F)F)cc1Br. The van der Waals surface area contributed by atoms with Crippen LogP contribution in [0.25, 0.3) is 0 Å². The highest BCUT2D eigenvalue weighted by atomic mass is 79.9. The number of anilines is 1. The van der Waals surface area contributed by atoms with Gasteiger partial charge in [0, 0.05) is 21.0 Å². The molecule has 0 heterocycles. The van der Waals surface area contributed by atoms with Gasteiger partial charge in [-0.15, -0.1) is 0 Å². The van der Waals surface area contributed by atoms with Gasteiger partial charge in [-0.1, -0.05) is 22.9 Å². The second-order valence-corrected chi connectivity index (χ2v) is 6.67.